The third-order valence-corrected chi connectivity index (χ3v) is 5.45. The van der Waals surface area contributed by atoms with Crippen LogP contribution < -0.4 is 5.32 Å². The van der Waals surface area contributed by atoms with E-state index in [0.717, 1.165) is 10.7 Å². The van der Waals surface area contributed by atoms with Crippen LogP contribution in [0.4, 0.5) is 23.4 Å². The third-order valence-electron chi connectivity index (χ3n) is 4.87. The second kappa shape index (κ2) is 8.58. The van der Waals surface area contributed by atoms with Crippen molar-refractivity contribution in [1.82, 2.24) is 24.5 Å². The van der Waals surface area contributed by atoms with Gasteiger partial charge in [-0.05, 0) is 41.9 Å². The molecule has 172 valence electrons. The Labute approximate surface area is 193 Å². The summed E-state index contributed by atoms with van der Waals surface area (Å²) in [5.74, 6) is -0.755. The maximum Gasteiger partial charge on any atom is 0.417 e. The quantitative estimate of drug-likeness (QED) is 0.378. The Morgan fingerprint density at radius 3 is 2.61 bits per heavy atom. The van der Waals surface area contributed by atoms with Crippen molar-refractivity contribution in [2.24, 2.45) is 0 Å². The minimum absolute atomic E-state index is 0.0286. The number of nitrogens with one attached hydrogen (secondary N) is 1. The highest BCUT2D eigenvalue weighted by atomic mass is 79.9. The number of amides is 1. The molecular weight excluding hydrogens is 508 g/mol. The fraction of sp³-hybridized carbons (Fsp3) is 0.238. The van der Waals surface area contributed by atoms with Gasteiger partial charge in [0.25, 0.3) is 0 Å². The second-order valence-electron chi connectivity index (χ2n) is 7.41. The average Bonchev–Trinajstić information content (AvgIpc) is 3.21. The van der Waals surface area contributed by atoms with Crippen molar-refractivity contribution >= 4 is 38.7 Å². The van der Waals surface area contributed by atoms with Crippen molar-refractivity contribution in [3.63, 3.8) is 0 Å². The zero-order valence-electron chi connectivity index (χ0n) is 17.4. The number of rotatable bonds is 5. The zero-order valence-corrected chi connectivity index (χ0v) is 19.0. The number of carbonyl (C=O) groups is 1. The number of nitrogens with zero attached hydrogens (tertiary/aromatic N) is 5. The first-order chi connectivity index (χ1) is 15.5. The fourth-order valence-electron chi connectivity index (χ4n) is 3.48. The molecule has 1 N–H and O–H groups in total. The summed E-state index contributed by atoms with van der Waals surface area (Å²) < 4.78 is 57.4. The number of fused-ring (bicyclic) bond motifs is 1. The molecule has 0 saturated carbocycles. The smallest absolute Gasteiger partial charge is 0.307 e. The molecule has 0 aliphatic carbocycles. The van der Waals surface area contributed by atoms with Gasteiger partial charge in [-0.25, -0.2) is 14.1 Å². The lowest BCUT2D eigenvalue weighted by molar-refractivity contribution is -0.136. The monoisotopic (exact) mass is 524 g/mol. The summed E-state index contributed by atoms with van der Waals surface area (Å²) in [6.07, 6.45) is -3.00. The molecule has 33 heavy (non-hydrogen) atoms. The summed E-state index contributed by atoms with van der Waals surface area (Å²) >= 11 is 3.30. The van der Waals surface area contributed by atoms with Crippen LogP contribution in [0.25, 0.3) is 11.0 Å². The maximum absolute atomic E-state index is 13.9. The standard InChI is InChI=1S/C21H17BrF4N6O/c1-11-7-14(21(24,25)26)18-12(2)29-32(20(18)27-11)10-17(33)28-19-15(22)9-31(30-19)8-13-5-3-4-6-16(13)23/h3-7,9H,8,10H2,1-2H3,(H,28,30,33). The number of aryl methyl sites for hydroxylation is 2. The van der Waals surface area contributed by atoms with Gasteiger partial charge in [0.15, 0.2) is 11.5 Å². The normalized spacial score (nSPS) is 11.8. The number of pyridine rings is 1. The Bertz CT molecular complexity index is 1360. The molecule has 3 heterocycles. The molecule has 0 unspecified atom stereocenters. The van der Waals surface area contributed by atoms with Crippen LogP contribution in [0.3, 0.4) is 0 Å². The molecule has 1 amide bonds. The van der Waals surface area contributed by atoms with Crippen molar-refractivity contribution in [3.05, 3.63) is 69.3 Å². The topological polar surface area (TPSA) is 77.6 Å². The molecule has 0 atom stereocenters. The molecule has 7 nitrogen and oxygen atoms in total. The molecule has 1 aromatic carbocycles. The van der Waals surface area contributed by atoms with Crippen molar-refractivity contribution in [2.75, 3.05) is 5.32 Å². The van der Waals surface area contributed by atoms with E-state index >= 15 is 0 Å². The van der Waals surface area contributed by atoms with E-state index in [9.17, 15) is 22.4 Å². The van der Waals surface area contributed by atoms with E-state index < -0.39 is 17.6 Å². The van der Waals surface area contributed by atoms with Gasteiger partial charge in [-0.15, -0.1) is 0 Å². The van der Waals surface area contributed by atoms with Gasteiger partial charge in [0.2, 0.25) is 5.91 Å². The minimum Gasteiger partial charge on any atom is -0.307 e. The van der Waals surface area contributed by atoms with E-state index in [1.807, 2.05) is 0 Å². The van der Waals surface area contributed by atoms with Gasteiger partial charge in [0.05, 0.1) is 27.7 Å². The van der Waals surface area contributed by atoms with Crippen molar-refractivity contribution in [3.8, 4) is 0 Å². The van der Waals surface area contributed by atoms with E-state index in [-0.39, 0.29) is 47.1 Å². The zero-order chi connectivity index (χ0) is 23.9. The first kappa shape index (κ1) is 22.9. The van der Waals surface area contributed by atoms with Crippen LogP contribution in [0.1, 0.15) is 22.5 Å². The van der Waals surface area contributed by atoms with Gasteiger partial charge in [-0.1, -0.05) is 18.2 Å². The highest BCUT2D eigenvalue weighted by Crippen LogP contribution is 2.36. The van der Waals surface area contributed by atoms with Gasteiger partial charge in [-0.2, -0.15) is 23.4 Å². The lowest BCUT2D eigenvalue weighted by Gasteiger charge is -2.10. The van der Waals surface area contributed by atoms with Gasteiger partial charge < -0.3 is 5.32 Å². The first-order valence-corrected chi connectivity index (χ1v) is 10.5. The molecule has 3 aromatic heterocycles. The molecule has 0 fully saturated rings. The molecule has 0 aliphatic rings. The van der Waals surface area contributed by atoms with Crippen LogP contribution in [0.15, 0.2) is 41.0 Å². The number of halogens is 5. The second-order valence-corrected chi connectivity index (χ2v) is 8.27. The van der Waals surface area contributed by atoms with Gasteiger partial charge in [-0.3, -0.25) is 9.48 Å². The Morgan fingerprint density at radius 2 is 1.91 bits per heavy atom. The van der Waals surface area contributed by atoms with E-state index in [0.29, 0.717) is 10.0 Å². The van der Waals surface area contributed by atoms with Crippen LogP contribution in [0.2, 0.25) is 0 Å². The fourth-order valence-corrected chi connectivity index (χ4v) is 3.90. The summed E-state index contributed by atoms with van der Waals surface area (Å²) in [6, 6.07) is 7.21. The van der Waals surface area contributed by atoms with Crippen LogP contribution in [0, 0.1) is 19.7 Å². The molecule has 4 aromatic rings. The Balaban J connectivity index is 1.56. The number of carbonyl (C=O) groups excluding carboxylic acids is 1. The summed E-state index contributed by atoms with van der Waals surface area (Å²) in [4.78, 5) is 16.8. The van der Waals surface area contributed by atoms with E-state index in [1.165, 1.54) is 24.6 Å². The summed E-state index contributed by atoms with van der Waals surface area (Å²) in [7, 11) is 0. The van der Waals surface area contributed by atoms with Crippen molar-refractivity contribution in [1.29, 1.82) is 0 Å². The van der Waals surface area contributed by atoms with E-state index in [4.69, 9.17) is 0 Å². The molecule has 0 saturated heterocycles. The van der Waals surface area contributed by atoms with Crippen LogP contribution >= 0.6 is 15.9 Å². The van der Waals surface area contributed by atoms with Crippen molar-refractivity contribution in [2.45, 2.75) is 33.1 Å². The Kier molecular flexibility index (Phi) is 5.95. The van der Waals surface area contributed by atoms with E-state index in [2.05, 4.69) is 36.4 Å². The minimum atomic E-state index is -4.58. The first-order valence-electron chi connectivity index (χ1n) is 9.71. The van der Waals surface area contributed by atoms with Gasteiger partial charge in [0, 0.05) is 17.5 Å². The lowest BCUT2D eigenvalue weighted by Crippen LogP contribution is -2.20. The molecular formula is C21H17BrF4N6O. The van der Waals surface area contributed by atoms with Gasteiger partial charge >= 0.3 is 6.18 Å². The molecule has 0 aliphatic heterocycles. The van der Waals surface area contributed by atoms with Crippen LogP contribution in [-0.2, 0) is 24.1 Å². The Hall–Kier alpha value is -3.28. The number of anilines is 1. The highest BCUT2D eigenvalue weighted by molar-refractivity contribution is 9.10. The molecule has 0 radical (unpaired) electrons. The summed E-state index contributed by atoms with van der Waals surface area (Å²) in [6.45, 7) is 2.66. The van der Waals surface area contributed by atoms with Gasteiger partial charge in [0.1, 0.15) is 12.4 Å². The number of hydrogen-bond acceptors (Lipinski definition) is 4. The summed E-state index contributed by atoms with van der Waals surface area (Å²) in [5.41, 5.74) is -0.173. The molecule has 0 spiro atoms. The van der Waals surface area contributed by atoms with E-state index in [1.54, 1.807) is 24.4 Å². The maximum atomic E-state index is 13.9. The molecule has 0 bridgehead atoms. The number of hydrogen-bond donors (Lipinski definition) is 1. The number of aromatic nitrogens is 5. The predicted molar refractivity (Wildman–Crippen MR) is 116 cm³/mol. The van der Waals surface area contributed by atoms with Crippen molar-refractivity contribution < 1.29 is 22.4 Å². The van der Waals surface area contributed by atoms with Crippen LogP contribution in [0.5, 0.6) is 0 Å². The SMILES string of the molecule is Cc1cc(C(F)(F)F)c2c(C)nn(CC(=O)Nc3nn(Cc4ccccc4F)cc3Br)c2n1. The highest BCUT2D eigenvalue weighted by Gasteiger charge is 2.35. The third kappa shape index (κ3) is 4.75. The molecule has 4 rings (SSSR count). The lowest BCUT2D eigenvalue weighted by atomic mass is 10.1. The average molecular weight is 525 g/mol. The number of benzene rings is 1. The van der Waals surface area contributed by atoms with Crippen LogP contribution in [-0.4, -0.2) is 30.5 Å². The predicted octanol–water partition coefficient (Wildman–Crippen LogP) is 4.85. The summed E-state index contributed by atoms with van der Waals surface area (Å²) in [5, 5.41) is 10.8. The largest absolute Gasteiger partial charge is 0.417 e. The number of alkyl halides is 3. The molecule has 12 heteroatoms. The Morgan fingerprint density at radius 1 is 1.18 bits per heavy atom.